The second-order valence-corrected chi connectivity index (χ2v) is 7.05. The summed E-state index contributed by atoms with van der Waals surface area (Å²) < 4.78 is 0. The van der Waals surface area contributed by atoms with Gasteiger partial charge in [0, 0.05) is 24.8 Å². The van der Waals surface area contributed by atoms with Gasteiger partial charge in [-0.25, -0.2) is 0 Å². The van der Waals surface area contributed by atoms with Gasteiger partial charge in [0.05, 0.1) is 0 Å². The van der Waals surface area contributed by atoms with Crippen LogP contribution in [0.25, 0.3) is 0 Å². The zero-order valence-electron chi connectivity index (χ0n) is 14.3. The molecule has 1 aliphatic heterocycles. The van der Waals surface area contributed by atoms with Gasteiger partial charge < -0.3 is 10.2 Å². The maximum atomic E-state index is 3.65. The van der Waals surface area contributed by atoms with E-state index >= 15 is 0 Å². The molecule has 0 saturated carbocycles. The number of anilines is 1. The van der Waals surface area contributed by atoms with E-state index in [0.717, 1.165) is 19.6 Å². The Morgan fingerprint density at radius 2 is 2.00 bits per heavy atom. The molecule has 0 saturated heterocycles. The minimum Gasteiger partial charge on any atom is -0.368 e. The highest BCUT2D eigenvalue weighted by Crippen LogP contribution is 2.35. The van der Waals surface area contributed by atoms with Crippen LogP contribution in [0.4, 0.5) is 5.69 Å². The van der Waals surface area contributed by atoms with E-state index in [1.165, 1.54) is 36.9 Å². The van der Waals surface area contributed by atoms with Crippen molar-refractivity contribution in [3.8, 4) is 0 Å². The molecule has 0 radical (unpaired) electrons. The summed E-state index contributed by atoms with van der Waals surface area (Å²) >= 11 is 0. The van der Waals surface area contributed by atoms with Crippen molar-refractivity contribution < 1.29 is 0 Å². The number of hydrogen-bond acceptors (Lipinski definition) is 2. The first kappa shape index (κ1) is 16.4. The van der Waals surface area contributed by atoms with Crippen LogP contribution in [0.1, 0.15) is 52.5 Å². The molecular formula is C19H32N2. The summed E-state index contributed by atoms with van der Waals surface area (Å²) in [6.45, 7) is 12.8. The lowest BCUT2D eigenvalue weighted by atomic mass is 9.84. The van der Waals surface area contributed by atoms with Crippen molar-refractivity contribution in [3.63, 3.8) is 0 Å². The SMILES string of the molecule is CCCNCC(C)(CCC)CN1c2ccccc2CC1C. The molecule has 1 heterocycles. The molecule has 2 atom stereocenters. The Bertz CT molecular complexity index is 443. The monoisotopic (exact) mass is 288 g/mol. The number of para-hydroxylation sites is 1. The summed E-state index contributed by atoms with van der Waals surface area (Å²) in [5.74, 6) is 0. The molecule has 0 amide bonds. The molecule has 118 valence electrons. The minimum absolute atomic E-state index is 0.357. The zero-order chi connectivity index (χ0) is 15.3. The molecule has 21 heavy (non-hydrogen) atoms. The van der Waals surface area contributed by atoms with Crippen LogP contribution in [0.15, 0.2) is 24.3 Å². The highest BCUT2D eigenvalue weighted by atomic mass is 15.2. The van der Waals surface area contributed by atoms with Crippen LogP contribution >= 0.6 is 0 Å². The fourth-order valence-corrected chi connectivity index (χ4v) is 3.68. The third-order valence-electron chi connectivity index (χ3n) is 4.73. The molecule has 0 fully saturated rings. The van der Waals surface area contributed by atoms with E-state index in [2.05, 4.69) is 62.2 Å². The average molecular weight is 288 g/mol. The van der Waals surface area contributed by atoms with E-state index in [1.807, 2.05) is 0 Å². The van der Waals surface area contributed by atoms with E-state index in [0.29, 0.717) is 11.5 Å². The second-order valence-electron chi connectivity index (χ2n) is 7.05. The van der Waals surface area contributed by atoms with Gasteiger partial charge >= 0.3 is 0 Å². The topological polar surface area (TPSA) is 15.3 Å². The van der Waals surface area contributed by atoms with Crippen molar-refractivity contribution in [2.75, 3.05) is 24.5 Å². The van der Waals surface area contributed by atoms with Gasteiger partial charge in [0.2, 0.25) is 0 Å². The summed E-state index contributed by atoms with van der Waals surface area (Å²) in [4.78, 5) is 2.64. The maximum Gasteiger partial charge on any atom is 0.0402 e. The van der Waals surface area contributed by atoms with Crippen LogP contribution in [0.3, 0.4) is 0 Å². The van der Waals surface area contributed by atoms with Gasteiger partial charge in [0.15, 0.2) is 0 Å². The quantitative estimate of drug-likeness (QED) is 0.720. The molecule has 1 aliphatic rings. The number of fused-ring (bicyclic) bond motifs is 1. The van der Waals surface area contributed by atoms with Gasteiger partial charge in [-0.15, -0.1) is 0 Å². The Labute approximate surface area is 130 Å². The van der Waals surface area contributed by atoms with Gasteiger partial charge in [0.1, 0.15) is 0 Å². The van der Waals surface area contributed by atoms with Gasteiger partial charge in [-0.3, -0.25) is 0 Å². The summed E-state index contributed by atoms with van der Waals surface area (Å²) in [5.41, 5.74) is 3.34. The highest BCUT2D eigenvalue weighted by molar-refractivity contribution is 5.59. The van der Waals surface area contributed by atoms with Crippen LogP contribution < -0.4 is 10.2 Å². The number of nitrogens with zero attached hydrogens (tertiary/aromatic N) is 1. The highest BCUT2D eigenvalue weighted by Gasteiger charge is 2.32. The van der Waals surface area contributed by atoms with E-state index in [4.69, 9.17) is 0 Å². The van der Waals surface area contributed by atoms with Gasteiger partial charge in [-0.1, -0.05) is 45.4 Å². The second kappa shape index (κ2) is 7.31. The smallest absolute Gasteiger partial charge is 0.0402 e. The van der Waals surface area contributed by atoms with Gasteiger partial charge in [-0.2, -0.15) is 0 Å². The molecule has 2 unspecified atom stereocenters. The first-order chi connectivity index (χ1) is 10.1. The third-order valence-corrected chi connectivity index (χ3v) is 4.73. The molecule has 1 aromatic rings. The molecule has 0 spiro atoms. The first-order valence-electron chi connectivity index (χ1n) is 8.65. The fourth-order valence-electron chi connectivity index (χ4n) is 3.68. The minimum atomic E-state index is 0.357. The van der Waals surface area contributed by atoms with Crippen LogP contribution in [-0.4, -0.2) is 25.7 Å². The van der Waals surface area contributed by atoms with E-state index in [-0.39, 0.29) is 0 Å². The third kappa shape index (κ3) is 4.00. The van der Waals surface area contributed by atoms with E-state index < -0.39 is 0 Å². The lowest BCUT2D eigenvalue weighted by Crippen LogP contribution is -2.44. The molecule has 0 aromatic heterocycles. The summed E-state index contributed by atoms with van der Waals surface area (Å²) in [5, 5.41) is 3.65. The number of hydrogen-bond donors (Lipinski definition) is 1. The molecule has 2 heteroatoms. The Morgan fingerprint density at radius 3 is 2.71 bits per heavy atom. The standard InChI is InChI=1S/C19H32N2/c1-5-11-19(4,14-20-12-6-2)15-21-16(3)13-17-9-7-8-10-18(17)21/h7-10,16,20H,5-6,11-15H2,1-4H3. The van der Waals surface area contributed by atoms with Crippen LogP contribution in [0.5, 0.6) is 0 Å². The zero-order valence-corrected chi connectivity index (χ0v) is 14.3. The van der Waals surface area contributed by atoms with Gasteiger partial charge in [0.25, 0.3) is 0 Å². The van der Waals surface area contributed by atoms with Crippen molar-refractivity contribution in [3.05, 3.63) is 29.8 Å². The predicted molar refractivity (Wildman–Crippen MR) is 93.1 cm³/mol. The Balaban J connectivity index is 2.09. The predicted octanol–water partition coefficient (Wildman–Crippen LogP) is 4.24. The van der Waals surface area contributed by atoms with Crippen molar-refractivity contribution in [2.24, 2.45) is 5.41 Å². The maximum absolute atomic E-state index is 3.65. The van der Waals surface area contributed by atoms with Crippen molar-refractivity contribution >= 4 is 5.69 Å². The molecule has 1 aromatic carbocycles. The van der Waals surface area contributed by atoms with Crippen molar-refractivity contribution in [1.82, 2.24) is 5.32 Å². The van der Waals surface area contributed by atoms with E-state index in [1.54, 1.807) is 0 Å². The molecule has 2 rings (SSSR count). The van der Waals surface area contributed by atoms with Crippen molar-refractivity contribution in [1.29, 1.82) is 0 Å². The van der Waals surface area contributed by atoms with Crippen LogP contribution in [0.2, 0.25) is 0 Å². The molecule has 2 nitrogen and oxygen atoms in total. The Kier molecular flexibility index (Phi) is 5.69. The number of rotatable bonds is 8. The lowest BCUT2D eigenvalue weighted by molar-refractivity contribution is 0.276. The Hall–Kier alpha value is -1.02. The number of benzene rings is 1. The summed E-state index contributed by atoms with van der Waals surface area (Å²) in [7, 11) is 0. The van der Waals surface area contributed by atoms with Crippen LogP contribution in [-0.2, 0) is 6.42 Å². The Morgan fingerprint density at radius 1 is 1.24 bits per heavy atom. The fraction of sp³-hybridized carbons (Fsp3) is 0.684. The molecule has 1 N–H and O–H groups in total. The molecule has 0 aliphatic carbocycles. The van der Waals surface area contributed by atoms with Crippen molar-refractivity contribution in [2.45, 2.75) is 59.4 Å². The van der Waals surface area contributed by atoms with Crippen LogP contribution in [0, 0.1) is 5.41 Å². The summed E-state index contributed by atoms with van der Waals surface area (Å²) in [6, 6.07) is 9.56. The van der Waals surface area contributed by atoms with Gasteiger partial charge in [-0.05, 0) is 49.8 Å². The molecule has 0 bridgehead atoms. The number of nitrogens with one attached hydrogen (secondary N) is 1. The normalized spacial score (nSPS) is 20.4. The first-order valence-corrected chi connectivity index (χ1v) is 8.65. The summed E-state index contributed by atoms with van der Waals surface area (Å²) in [6.07, 6.45) is 4.95. The molecular weight excluding hydrogens is 256 g/mol. The van der Waals surface area contributed by atoms with E-state index in [9.17, 15) is 0 Å². The largest absolute Gasteiger partial charge is 0.368 e. The average Bonchev–Trinajstić information content (AvgIpc) is 2.76. The lowest BCUT2D eigenvalue weighted by Gasteiger charge is -2.37.